The van der Waals surface area contributed by atoms with Gasteiger partial charge in [-0.25, -0.2) is 8.42 Å². The Bertz CT molecular complexity index is 467. The Kier molecular flexibility index (Phi) is 5.15. The Morgan fingerprint density at radius 1 is 1.39 bits per heavy atom. The molecule has 104 valence electrons. The number of hydrogen-bond acceptors (Lipinski definition) is 4. The molecular formula is C11H22N4O2S. The van der Waals surface area contributed by atoms with Gasteiger partial charge in [-0.3, -0.25) is 9.40 Å². The molecule has 1 rings (SSSR count). The van der Waals surface area contributed by atoms with Crippen molar-refractivity contribution in [3.05, 3.63) is 12.4 Å². The van der Waals surface area contributed by atoms with Crippen molar-refractivity contribution in [2.24, 2.45) is 0 Å². The lowest BCUT2D eigenvalue weighted by Gasteiger charge is -2.13. The molecule has 0 saturated heterocycles. The molecule has 0 radical (unpaired) electrons. The van der Waals surface area contributed by atoms with E-state index in [-0.39, 0.29) is 6.04 Å². The van der Waals surface area contributed by atoms with E-state index in [1.807, 2.05) is 20.8 Å². The van der Waals surface area contributed by atoms with Crippen LogP contribution in [0, 0.1) is 0 Å². The molecule has 6 nitrogen and oxygen atoms in total. The second kappa shape index (κ2) is 6.19. The number of nitrogens with one attached hydrogen (secondary N) is 2. The SMILES string of the molecule is CCNCC(C)S(=O)(=O)Nc1cnn(C(C)C)c1. The molecule has 0 amide bonds. The van der Waals surface area contributed by atoms with Crippen molar-refractivity contribution < 1.29 is 8.42 Å². The number of sulfonamides is 1. The first-order valence-corrected chi connectivity index (χ1v) is 7.68. The van der Waals surface area contributed by atoms with Crippen LogP contribution >= 0.6 is 0 Å². The molecule has 1 aromatic rings. The normalized spacial score (nSPS) is 13.8. The fraction of sp³-hybridized carbons (Fsp3) is 0.727. The average molecular weight is 274 g/mol. The van der Waals surface area contributed by atoms with E-state index in [1.54, 1.807) is 17.8 Å². The Labute approximate surface area is 109 Å². The average Bonchev–Trinajstić information content (AvgIpc) is 2.73. The number of rotatable bonds is 7. The number of aromatic nitrogens is 2. The van der Waals surface area contributed by atoms with Crippen LogP contribution in [0.15, 0.2) is 12.4 Å². The summed E-state index contributed by atoms with van der Waals surface area (Å²) in [5.41, 5.74) is 0.507. The van der Waals surface area contributed by atoms with Crippen LogP contribution in [0.1, 0.15) is 33.7 Å². The first kappa shape index (κ1) is 15.0. The molecule has 2 N–H and O–H groups in total. The van der Waals surface area contributed by atoms with Crippen LogP contribution in [0.5, 0.6) is 0 Å². The van der Waals surface area contributed by atoms with Crippen LogP contribution in [0.4, 0.5) is 5.69 Å². The summed E-state index contributed by atoms with van der Waals surface area (Å²) in [5.74, 6) is 0. The van der Waals surface area contributed by atoms with Gasteiger partial charge in [0.1, 0.15) is 0 Å². The van der Waals surface area contributed by atoms with E-state index in [9.17, 15) is 8.42 Å². The molecule has 18 heavy (non-hydrogen) atoms. The molecule has 7 heteroatoms. The van der Waals surface area contributed by atoms with Crippen LogP contribution in [0.2, 0.25) is 0 Å². The third-order valence-electron chi connectivity index (χ3n) is 2.60. The molecule has 0 spiro atoms. The Balaban J connectivity index is 2.69. The Morgan fingerprint density at radius 2 is 2.06 bits per heavy atom. The minimum Gasteiger partial charge on any atom is -0.316 e. The lowest BCUT2D eigenvalue weighted by atomic mass is 10.4. The zero-order valence-electron chi connectivity index (χ0n) is 11.3. The molecule has 0 aliphatic heterocycles. The lowest BCUT2D eigenvalue weighted by Crippen LogP contribution is -2.34. The Morgan fingerprint density at radius 3 is 2.56 bits per heavy atom. The van der Waals surface area contributed by atoms with E-state index in [4.69, 9.17) is 0 Å². The number of anilines is 1. The molecule has 0 bridgehead atoms. The molecule has 1 atom stereocenters. The summed E-state index contributed by atoms with van der Waals surface area (Å²) < 4.78 is 28.3. The third kappa shape index (κ3) is 3.99. The summed E-state index contributed by atoms with van der Waals surface area (Å²) >= 11 is 0. The lowest BCUT2D eigenvalue weighted by molar-refractivity contribution is 0.532. The van der Waals surface area contributed by atoms with Crippen molar-refractivity contribution in [2.75, 3.05) is 17.8 Å². The number of hydrogen-bond donors (Lipinski definition) is 2. The molecule has 0 saturated carbocycles. The van der Waals surface area contributed by atoms with Gasteiger partial charge in [0.15, 0.2) is 0 Å². The summed E-state index contributed by atoms with van der Waals surface area (Å²) in [6.07, 6.45) is 3.22. The van der Waals surface area contributed by atoms with Crippen LogP contribution in [-0.2, 0) is 10.0 Å². The maximum Gasteiger partial charge on any atom is 0.236 e. The molecule has 0 fully saturated rings. The fourth-order valence-electron chi connectivity index (χ4n) is 1.40. The molecule has 1 heterocycles. The van der Waals surface area contributed by atoms with E-state index < -0.39 is 15.3 Å². The second-order valence-corrected chi connectivity index (χ2v) is 6.67. The van der Waals surface area contributed by atoms with E-state index in [1.165, 1.54) is 6.20 Å². The van der Waals surface area contributed by atoms with Gasteiger partial charge in [-0.2, -0.15) is 5.10 Å². The van der Waals surface area contributed by atoms with Crippen molar-refractivity contribution in [3.63, 3.8) is 0 Å². The van der Waals surface area contributed by atoms with Crippen molar-refractivity contribution >= 4 is 15.7 Å². The van der Waals surface area contributed by atoms with Gasteiger partial charge in [-0.05, 0) is 27.3 Å². The van der Waals surface area contributed by atoms with Crippen LogP contribution in [0.25, 0.3) is 0 Å². The van der Waals surface area contributed by atoms with Gasteiger partial charge in [0.05, 0.1) is 17.1 Å². The van der Waals surface area contributed by atoms with Gasteiger partial charge in [-0.1, -0.05) is 6.92 Å². The predicted molar refractivity (Wildman–Crippen MR) is 73.2 cm³/mol. The minimum atomic E-state index is -3.36. The number of nitrogens with zero attached hydrogens (tertiary/aromatic N) is 2. The van der Waals surface area contributed by atoms with E-state index in [2.05, 4.69) is 15.1 Å². The highest BCUT2D eigenvalue weighted by molar-refractivity contribution is 7.93. The molecule has 0 aliphatic carbocycles. The summed E-state index contributed by atoms with van der Waals surface area (Å²) in [7, 11) is -3.36. The van der Waals surface area contributed by atoms with Crippen molar-refractivity contribution in [3.8, 4) is 0 Å². The molecule has 1 unspecified atom stereocenters. The molecule has 1 aromatic heterocycles. The molecule has 0 aromatic carbocycles. The quantitative estimate of drug-likeness (QED) is 0.783. The maximum absolute atomic E-state index is 12.0. The summed E-state index contributed by atoms with van der Waals surface area (Å²) in [4.78, 5) is 0. The maximum atomic E-state index is 12.0. The van der Waals surface area contributed by atoms with Crippen LogP contribution < -0.4 is 10.0 Å². The van der Waals surface area contributed by atoms with Crippen LogP contribution in [-0.4, -0.2) is 36.5 Å². The van der Waals surface area contributed by atoms with Crippen molar-refractivity contribution in [1.82, 2.24) is 15.1 Å². The first-order valence-electron chi connectivity index (χ1n) is 6.13. The van der Waals surface area contributed by atoms with E-state index >= 15 is 0 Å². The zero-order chi connectivity index (χ0) is 13.8. The van der Waals surface area contributed by atoms with Gasteiger partial charge in [0.2, 0.25) is 10.0 Å². The predicted octanol–water partition coefficient (Wildman–Crippen LogP) is 1.20. The highest BCUT2D eigenvalue weighted by Gasteiger charge is 2.20. The van der Waals surface area contributed by atoms with Gasteiger partial charge >= 0.3 is 0 Å². The van der Waals surface area contributed by atoms with Gasteiger partial charge in [0.25, 0.3) is 0 Å². The van der Waals surface area contributed by atoms with Crippen molar-refractivity contribution in [1.29, 1.82) is 0 Å². The second-order valence-electron chi connectivity index (χ2n) is 4.57. The summed E-state index contributed by atoms with van der Waals surface area (Å²) in [6, 6.07) is 0.211. The fourth-order valence-corrected chi connectivity index (χ4v) is 2.37. The summed E-state index contributed by atoms with van der Waals surface area (Å²) in [5, 5.41) is 6.63. The van der Waals surface area contributed by atoms with E-state index in [0.29, 0.717) is 12.2 Å². The minimum absolute atomic E-state index is 0.211. The summed E-state index contributed by atoms with van der Waals surface area (Å²) in [6.45, 7) is 8.78. The van der Waals surface area contributed by atoms with Crippen molar-refractivity contribution in [2.45, 2.75) is 39.0 Å². The highest BCUT2D eigenvalue weighted by Crippen LogP contribution is 2.13. The zero-order valence-corrected chi connectivity index (χ0v) is 12.2. The van der Waals surface area contributed by atoms with E-state index in [0.717, 1.165) is 6.54 Å². The van der Waals surface area contributed by atoms with Gasteiger partial charge in [0, 0.05) is 18.8 Å². The van der Waals surface area contributed by atoms with Gasteiger partial charge < -0.3 is 5.32 Å². The smallest absolute Gasteiger partial charge is 0.236 e. The first-order chi connectivity index (χ1) is 8.36. The monoisotopic (exact) mass is 274 g/mol. The standard InChI is InChI=1S/C11H22N4O2S/c1-5-12-6-10(4)18(16,17)14-11-7-13-15(8-11)9(2)3/h7-10,12,14H,5-6H2,1-4H3. The van der Waals surface area contributed by atoms with Crippen LogP contribution in [0.3, 0.4) is 0 Å². The Hall–Kier alpha value is -1.08. The third-order valence-corrected chi connectivity index (χ3v) is 4.35. The largest absolute Gasteiger partial charge is 0.316 e. The topological polar surface area (TPSA) is 76.0 Å². The van der Waals surface area contributed by atoms with Gasteiger partial charge in [-0.15, -0.1) is 0 Å². The molecular weight excluding hydrogens is 252 g/mol. The molecule has 0 aliphatic rings. The highest BCUT2D eigenvalue weighted by atomic mass is 32.2.